The van der Waals surface area contributed by atoms with Crippen molar-refractivity contribution in [2.45, 2.75) is 58.7 Å². The average molecular weight is 504 g/mol. The number of rotatable bonds is 13. The Hall–Kier alpha value is -3.07. The van der Waals surface area contributed by atoms with Gasteiger partial charge in [0, 0.05) is 25.6 Å². The standard InChI is InChI=1S/C26H37N3O5S/c1-6-24(26(31)27-20(2)3)28(19-21-14-16-23(34-4)17-15-21)25(30)13-10-18-29(35(5,32)33)22-11-8-7-9-12-22/h7-9,11-12,14-17,20,24H,6,10,13,18-19H2,1-5H3,(H,27,31). The van der Waals surface area contributed by atoms with Crippen molar-refractivity contribution < 1.29 is 22.7 Å². The summed E-state index contributed by atoms with van der Waals surface area (Å²) in [5.41, 5.74) is 1.43. The molecule has 35 heavy (non-hydrogen) atoms. The highest BCUT2D eigenvalue weighted by atomic mass is 32.2. The fraction of sp³-hybridized carbons (Fsp3) is 0.462. The van der Waals surface area contributed by atoms with Crippen molar-refractivity contribution in [2.75, 3.05) is 24.2 Å². The van der Waals surface area contributed by atoms with Crippen molar-refractivity contribution in [3.8, 4) is 5.75 Å². The van der Waals surface area contributed by atoms with Gasteiger partial charge in [0.25, 0.3) is 0 Å². The maximum atomic E-state index is 13.4. The molecular weight excluding hydrogens is 466 g/mol. The molecule has 0 saturated heterocycles. The summed E-state index contributed by atoms with van der Waals surface area (Å²) in [4.78, 5) is 27.9. The minimum absolute atomic E-state index is 0.0521. The van der Waals surface area contributed by atoms with E-state index in [4.69, 9.17) is 4.74 Å². The lowest BCUT2D eigenvalue weighted by atomic mass is 10.1. The molecule has 0 aromatic heterocycles. The first-order valence-corrected chi connectivity index (χ1v) is 13.7. The van der Waals surface area contributed by atoms with Gasteiger partial charge in [0.1, 0.15) is 11.8 Å². The molecule has 1 N–H and O–H groups in total. The molecule has 0 aliphatic carbocycles. The second-order valence-corrected chi connectivity index (χ2v) is 10.6. The van der Waals surface area contributed by atoms with Crippen LogP contribution >= 0.6 is 0 Å². The SMILES string of the molecule is CCC(C(=O)NC(C)C)N(Cc1ccc(OC)cc1)C(=O)CCCN(c1ccccc1)S(C)(=O)=O. The van der Waals surface area contributed by atoms with Gasteiger partial charge in [-0.05, 0) is 56.5 Å². The fourth-order valence-electron chi connectivity index (χ4n) is 3.83. The summed E-state index contributed by atoms with van der Waals surface area (Å²) in [7, 11) is -1.92. The number of nitrogens with one attached hydrogen (secondary N) is 1. The number of nitrogens with zero attached hydrogens (tertiary/aromatic N) is 2. The van der Waals surface area contributed by atoms with Gasteiger partial charge in [-0.1, -0.05) is 37.3 Å². The van der Waals surface area contributed by atoms with E-state index < -0.39 is 16.1 Å². The second-order valence-electron chi connectivity index (χ2n) is 8.73. The third kappa shape index (κ3) is 8.58. The quantitative estimate of drug-likeness (QED) is 0.451. The molecule has 2 rings (SSSR count). The molecule has 0 bridgehead atoms. The summed E-state index contributed by atoms with van der Waals surface area (Å²) >= 11 is 0. The number of carbonyl (C=O) groups excluding carboxylic acids is 2. The van der Waals surface area contributed by atoms with E-state index in [1.165, 1.54) is 4.31 Å². The number of benzene rings is 2. The summed E-state index contributed by atoms with van der Waals surface area (Å²) in [5.74, 6) is 0.303. The third-order valence-electron chi connectivity index (χ3n) is 5.53. The molecule has 1 unspecified atom stereocenters. The second kappa shape index (κ2) is 13.1. The number of para-hydroxylation sites is 1. The van der Waals surface area contributed by atoms with Crippen LogP contribution in [0.25, 0.3) is 0 Å². The summed E-state index contributed by atoms with van der Waals surface area (Å²) in [6.07, 6.45) is 2.05. The zero-order valence-electron chi connectivity index (χ0n) is 21.2. The number of carbonyl (C=O) groups is 2. The van der Waals surface area contributed by atoms with Gasteiger partial charge < -0.3 is 15.0 Å². The van der Waals surface area contributed by atoms with Crippen LogP contribution in [0.15, 0.2) is 54.6 Å². The normalized spacial score (nSPS) is 12.2. The molecule has 2 amide bonds. The Balaban J connectivity index is 2.20. The van der Waals surface area contributed by atoms with Crippen LogP contribution in [-0.4, -0.2) is 57.1 Å². The van der Waals surface area contributed by atoms with E-state index in [2.05, 4.69) is 5.32 Å². The largest absolute Gasteiger partial charge is 0.497 e. The van der Waals surface area contributed by atoms with E-state index in [1.807, 2.05) is 51.1 Å². The molecule has 1 atom stereocenters. The molecule has 2 aromatic rings. The number of methoxy groups -OCH3 is 1. The van der Waals surface area contributed by atoms with Crippen LogP contribution in [-0.2, 0) is 26.2 Å². The highest BCUT2D eigenvalue weighted by Crippen LogP contribution is 2.20. The van der Waals surface area contributed by atoms with E-state index in [1.54, 1.807) is 36.3 Å². The van der Waals surface area contributed by atoms with Gasteiger partial charge in [-0.25, -0.2) is 8.42 Å². The first-order chi connectivity index (χ1) is 16.6. The first-order valence-electron chi connectivity index (χ1n) is 11.8. The van der Waals surface area contributed by atoms with Crippen molar-refractivity contribution in [1.82, 2.24) is 10.2 Å². The van der Waals surface area contributed by atoms with Crippen LogP contribution < -0.4 is 14.4 Å². The summed E-state index contributed by atoms with van der Waals surface area (Å²) in [5, 5.41) is 2.91. The van der Waals surface area contributed by atoms with Crippen molar-refractivity contribution >= 4 is 27.5 Å². The highest BCUT2D eigenvalue weighted by Gasteiger charge is 2.29. The van der Waals surface area contributed by atoms with Gasteiger partial charge in [-0.15, -0.1) is 0 Å². The molecule has 0 aliphatic heterocycles. The van der Waals surface area contributed by atoms with Crippen molar-refractivity contribution in [3.63, 3.8) is 0 Å². The smallest absolute Gasteiger partial charge is 0.243 e. The number of sulfonamides is 1. The number of amides is 2. The molecule has 0 aliphatic rings. The van der Waals surface area contributed by atoms with Crippen molar-refractivity contribution in [2.24, 2.45) is 0 Å². The van der Waals surface area contributed by atoms with Crippen molar-refractivity contribution in [1.29, 1.82) is 0 Å². The monoisotopic (exact) mass is 503 g/mol. The van der Waals surface area contributed by atoms with E-state index in [9.17, 15) is 18.0 Å². The Morgan fingerprint density at radius 2 is 1.66 bits per heavy atom. The Kier molecular flexibility index (Phi) is 10.6. The fourth-order valence-corrected chi connectivity index (χ4v) is 4.79. The van der Waals surface area contributed by atoms with Gasteiger partial charge in [-0.2, -0.15) is 0 Å². The van der Waals surface area contributed by atoms with Crippen LogP contribution in [0.2, 0.25) is 0 Å². The van der Waals surface area contributed by atoms with Crippen LogP contribution in [0.4, 0.5) is 5.69 Å². The molecule has 8 nitrogen and oxygen atoms in total. The lowest BCUT2D eigenvalue weighted by molar-refractivity contribution is -0.141. The van der Waals surface area contributed by atoms with Crippen LogP contribution in [0.3, 0.4) is 0 Å². The lowest BCUT2D eigenvalue weighted by Crippen LogP contribution is -2.50. The number of ether oxygens (including phenoxy) is 1. The number of anilines is 1. The molecule has 0 heterocycles. The third-order valence-corrected chi connectivity index (χ3v) is 6.72. The summed E-state index contributed by atoms with van der Waals surface area (Å²) in [6.45, 7) is 6.06. The number of hydrogen-bond acceptors (Lipinski definition) is 5. The molecule has 0 spiro atoms. The number of hydrogen-bond donors (Lipinski definition) is 1. The highest BCUT2D eigenvalue weighted by molar-refractivity contribution is 7.92. The summed E-state index contributed by atoms with van der Waals surface area (Å²) in [6, 6.07) is 15.5. The van der Waals surface area contributed by atoms with E-state index in [-0.39, 0.29) is 37.4 Å². The van der Waals surface area contributed by atoms with Gasteiger partial charge in [0.15, 0.2) is 0 Å². The predicted octanol–water partition coefficient (Wildman–Crippen LogP) is 3.57. The molecule has 2 aromatic carbocycles. The van der Waals surface area contributed by atoms with Crippen LogP contribution in [0, 0.1) is 0 Å². The predicted molar refractivity (Wildman–Crippen MR) is 139 cm³/mol. The summed E-state index contributed by atoms with van der Waals surface area (Å²) < 4.78 is 31.2. The van der Waals surface area contributed by atoms with Gasteiger partial charge in [-0.3, -0.25) is 13.9 Å². The Morgan fingerprint density at radius 1 is 1.03 bits per heavy atom. The molecule has 0 fully saturated rings. The minimum atomic E-state index is -3.51. The molecule has 0 radical (unpaired) electrons. The van der Waals surface area contributed by atoms with Crippen LogP contribution in [0.1, 0.15) is 45.6 Å². The molecule has 0 saturated carbocycles. The molecule has 9 heteroatoms. The van der Waals surface area contributed by atoms with E-state index in [0.29, 0.717) is 24.3 Å². The maximum Gasteiger partial charge on any atom is 0.243 e. The zero-order chi connectivity index (χ0) is 26.0. The zero-order valence-corrected chi connectivity index (χ0v) is 22.0. The molecule has 192 valence electrons. The van der Waals surface area contributed by atoms with Crippen molar-refractivity contribution in [3.05, 3.63) is 60.2 Å². The Morgan fingerprint density at radius 3 is 2.17 bits per heavy atom. The minimum Gasteiger partial charge on any atom is -0.497 e. The van der Waals surface area contributed by atoms with Crippen LogP contribution in [0.5, 0.6) is 5.75 Å². The van der Waals surface area contributed by atoms with Gasteiger partial charge in [0.05, 0.1) is 19.1 Å². The lowest BCUT2D eigenvalue weighted by Gasteiger charge is -2.31. The topological polar surface area (TPSA) is 96.0 Å². The van der Waals surface area contributed by atoms with E-state index in [0.717, 1.165) is 11.8 Å². The van der Waals surface area contributed by atoms with Gasteiger partial charge >= 0.3 is 0 Å². The molecular formula is C26H37N3O5S. The Labute approximate surface area is 209 Å². The van der Waals surface area contributed by atoms with Gasteiger partial charge in [0.2, 0.25) is 21.8 Å². The Bertz CT molecular complexity index is 1060. The average Bonchev–Trinajstić information content (AvgIpc) is 2.81. The first kappa shape index (κ1) is 28.2. The van der Waals surface area contributed by atoms with E-state index >= 15 is 0 Å². The maximum absolute atomic E-state index is 13.4.